The monoisotopic (exact) mass is 271 g/mol. The Morgan fingerprint density at radius 1 is 1.37 bits per heavy atom. The van der Waals surface area contributed by atoms with Gasteiger partial charge in [-0.25, -0.2) is 4.98 Å². The summed E-state index contributed by atoms with van der Waals surface area (Å²) in [6.07, 6.45) is 6.98. The van der Waals surface area contributed by atoms with Gasteiger partial charge in [-0.15, -0.1) is 11.3 Å². The van der Waals surface area contributed by atoms with Crippen LogP contribution in [0.5, 0.6) is 0 Å². The van der Waals surface area contributed by atoms with Crippen molar-refractivity contribution >= 4 is 27.4 Å². The van der Waals surface area contributed by atoms with Crippen LogP contribution in [0.25, 0.3) is 10.2 Å². The van der Waals surface area contributed by atoms with Crippen molar-refractivity contribution < 1.29 is 0 Å². The standard InChI is InChI=1S/C8H7NS.C7H10N2/c1-6-9-7-4-2-3-5-8(7)10-6;1-9-7(8)6-4-2-3-5-6/h2-5H,1H3;2-4H,5H2,1H3,(H2,8,9). The quantitative estimate of drug-likeness (QED) is 0.638. The Morgan fingerprint density at radius 3 is 2.79 bits per heavy atom. The maximum absolute atomic E-state index is 5.52. The van der Waals surface area contributed by atoms with Crippen LogP contribution in [0.2, 0.25) is 0 Å². The Hall–Kier alpha value is -1.94. The summed E-state index contributed by atoms with van der Waals surface area (Å²) in [4.78, 5) is 8.19. The molecule has 1 heterocycles. The molecule has 1 aromatic carbocycles. The normalized spacial score (nSPS) is 14.2. The van der Waals surface area contributed by atoms with Gasteiger partial charge in [0, 0.05) is 7.05 Å². The van der Waals surface area contributed by atoms with Crippen molar-refractivity contribution in [2.45, 2.75) is 13.3 Å². The zero-order valence-electron chi connectivity index (χ0n) is 11.1. The van der Waals surface area contributed by atoms with Gasteiger partial charge in [0.25, 0.3) is 0 Å². The van der Waals surface area contributed by atoms with Gasteiger partial charge in [0.15, 0.2) is 0 Å². The number of aromatic nitrogens is 1. The summed E-state index contributed by atoms with van der Waals surface area (Å²) in [6, 6.07) is 8.19. The maximum atomic E-state index is 5.52. The van der Waals surface area contributed by atoms with E-state index in [-0.39, 0.29) is 0 Å². The summed E-state index contributed by atoms with van der Waals surface area (Å²) >= 11 is 1.74. The number of aryl methyl sites for hydroxylation is 1. The van der Waals surface area contributed by atoms with Gasteiger partial charge < -0.3 is 5.73 Å². The lowest BCUT2D eigenvalue weighted by Crippen LogP contribution is -2.13. The summed E-state index contributed by atoms with van der Waals surface area (Å²) in [5.41, 5.74) is 7.76. The van der Waals surface area contributed by atoms with Crippen LogP contribution in [0.15, 0.2) is 53.1 Å². The fourth-order valence-corrected chi connectivity index (χ4v) is 2.60. The molecule has 0 saturated carbocycles. The number of aliphatic imine (C=N–C) groups is 1. The molecule has 1 aliphatic carbocycles. The number of thiazole rings is 1. The van der Waals surface area contributed by atoms with Gasteiger partial charge in [0.2, 0.25) is 0 Å². The van der Waals surface area contributed by atoms with Crippen LogP contribution in [0.4, 0.5) is 0 Å². The van der Waals surface area contributed by atoms with Crippen LogP contribution in [-0.4, -0.2) is 17.9 Å². The first-order chi connectivity index (χ1) is 9.20. The number of benzene rings is 1. The lowest BCUT2D eigenvalue weighted by molar-refractivity contribution is 1.30. The maximum Gasteiger partial charge on any atom is 0.121 e. The molecule has 2 aromatic rings. The van der Waals surface area contributed by atoms with Gasteiger partial charge in [0.05, 0.1) is 15.2 Å². The molecule has 98 valence electrons. The van der Waals surface area contributed by atoms with Crippen LogP contribution < -0.4 is 5.73 Å². The molecular formula is C15H17N3S. The Bertz CT molecular complexity index is 617. The minimum absolute atomic E-state index is 0.653. The lowest BCUT2D eigenvalue weighted by Gasteiger charge is -1.96. The van der Waals surface area contributed by atoms with Crippen LogP contribution in [0.3, 0.4) is 0 Å². The van der Waals surface area contributed by atoms with E-state index in [1.165, 1.54) is 4.70 Å². The van der Waals surface area contributed by atoms with Gasteiger partial charge in [0.1, 0.15) is 5.84 Å². The molecule has 3 nitrogen and oxygen atoms in total. The molecule has 1 aliphatic rings. The molecule has 0 amide bonds. The van der Waals surface area contributed by atoms with E-state index < -0.39 is 0 Å². The highest BCUT2D eigenvalue weighted by molar-refractivity contribution is 7.18. The zero-order chi connectivity index (χ0) is 13.7. The fourth-order valence-electron chi connectivity index (χ4n) is 1.77. The second kappa shape index (κ2) is 6.29. The van der Waals surface area contributed by atoms with E-state index in [2.05, 4.69) is 22.1 Å². The molecule has 0 spiro atoms. The number of nitrogens with two attached hydrogens (primary N) is 1. The number of hydrogen-bond acceptors (Lipinski definition) is 3. The largest absolute Gasteiger partial charge is 0.384 e. The van der Waals surface area contributed by atoms with E-state index in [1.54, 1.807) is 18.4 Å². The number of rotatable bonds is 1. The third kappa shape index (κ3) is 3.51. The summed E-state index contributed by atoms with van der Waals surface area (Å²) < 4.78 is 1.28. The minimum Gasteiger partial charge on any atom is -0.384 e. The number of allylic oxidation sites excluding steroid dienone is 3. The average Bonchev–Trinajstić information content (AvgIpc) is 3.06. The van der Waals surface area contributed by atoms with E-state index in [4.69, 9.17) is 5.73 Å². The summed E-state index contributed by atoms with van der Waals surface area (Å²) in [5.74, 6) is 0.653. The highest BCUT2D eigenvalue weighted by Gasteiger charge is 2.01. The predicted molar refractivity (Wildman–Crippen MR) is 83.7 cm³/mol. The van der Waals surface area contributed by atoms with E-state index in [0.29, 0.717) is 5.84 Å². The van der Waals surface area contributed by atoms with Crippen LogP contribution in [0.1, 0.15) is 11.4 Å². The Kier molecular flexibility index (Phi) is 4.47. The molecule has 2 N–H and O–H groups in total. The highest BCUT2D eigenvalue weighted by atomic mass is 32.1. The van der Waals surface area contributed by atoms with Gasteiger partial charge in [-0.05, 0) is 31.1 Å². The Balaban J connectivity index is 0.000000141. The molecule has 0 aliphatic heterocycles. The lowest BCUT2D eigenvalue weighted by atomic mass is 10.2. The first kappa shape index (κ1) is 13.5. The van der Waals surface area contributed by atoms with Gasteiger partial charge >= 0.3 is 0 Å². The molecule has 19 heavy (non-hydrogen) atoms. The van der Waals surface area contributed by atoms with Crippen molar-refractivity contribution in [1.82, 2.24) is 4.98 Å². The second-order valence-corrected chi connectivity index (χ2v) is 5.37. The fraction of sp³-hybridized carbons (Fsp3) is 0.200. The molecular weight excluding hydrogens is 254 g/mol. The molecule has 0 saturated heterocycles. The molecule has 0 atom stereocenters. The molecule has 1 aromatic heterocycles. The Morgan fingerprint density at radius 2 is 2.16 bits per heavy atom. The number of hydrogen-bond donors (Lipinski definition) is 1. The van der Waals surface area contributed by atoms with Crippen molar-refractivity contribution in [1.29, 1.82) is 0 Å². The molecule has 4 heteroatoms. The molecule has 0 fully saturated rings. The van der Waals surface area contributed by atoms with Gasteiger partial charge in [-0.3, -0.25) is 4.99 Å². The van der Waals surface area contributed by atoms with Crippen molar-refractivity contribution in [3.63, 3.8) is 0 Å². The molecule has 0 unspecified atom stereocenters. The van der Waals surface area contributed by atoms with Crippen LogP contribution in [0, 0.1) is 6.92 Å². The number of fused-ring (bicyclic) bond motifs is 1. The number of para-hydroxylation sites is 1. The van der Waals surface area contributed by atoms with Crippen molar-refractivity contribution in [2.24, 2.45) is 10.7 Å². The first-order valence-corrected chi connectivity index (χ1v) is 6.93. The molecule has 3 rings (SSSR count). The SMILES string of the molecule is CN=C(N)C1=CC=CC1.Cc1nc2ccccc2s1. The van der Waals surface area contributed by atoms with Gasteiger partial charge in [-0.1, -0.05) is 30.4 Å². The van der Waals surface area contributed by atoms with E-state index >= 15 is 0 Å². The average molecular weight is 271 g/mol. The smallest absolute Gasteiger partial charge is 0.121 e. The number of amidine groups is 1. The predicted octanol–water partition coefficient (Wildman–Crippen LogP) is 3.46. The highest BCUT2D eigenvalue weighted by Crippen LogP contribution is 2.19. The first-order valence-electron chi connectivity index (χ1n) is 6.11. The summed E-state index contributed by atoms with van der Waals surface area (Å²) in [5, 5.41) is 1.14. The van der Waals surface area contributed by atoms with E-state index in [0.717, 1.165) is 22.5 Å². The summed E-state index contributed by atoms with van der Waals surface area (Å²) in [6.45, 7) is 2.03. The van der Waals surface area contributed by atoms with Crippen molar-refractivity contribution in [3.8, 4) is 0 Å². The zero-order valence-corrected chi connectivity index (χ0v) is 11.9. The van der Waals surface area contributed by atoms with Gasteiger partial charge in [-0.2, -0.15) is 0 Å². The second-order valence-electron chi connectivity index (χ2n) is 4.13. The van der Waals surface area contributed by atoms with Crippen LogP contribution in [-0.2, 0) is 0 Å². The third-order valence-electron chi connectivity index (χ3n) is 2.74. The topological polar surface area (TPSA) is 51.3 Å². The number of nitrogens with zero attached hydrogens (tertiary/aromatic N) is 2. The van der Waals surface area contributed by atoms with E-state index in [9.17, 15) is 0 Å². The van der Waals surface area contributed by atoms with Crippen molar-refractivity contribution in [2.75, 3.05) is 7.05 Å². The third-order valence-corrected chi connectivity index (χ3v) is 3.69. The summed E-state index contributed by atoms with van der Waals surface area (Å²) in [7, 11) is 1.70. The van der Waals surface area contributed by atoms with Crippen molar-refractivity contribution in [3.05, 3.63) is 53.1 Å². The Labute approximate surface area is 117 Å². The molecule has 0 radical (unpaired) electrons. The van der Waals surface area contributed by atoms with Crippen LogP contribution >= 0.6 is 11.3 Å². The van der Waals surface area contributed by atoms with E-state index in [1.807, 2.05) is 37.3 Å². The minimum atomic E-state index is 0.653. The molecule has 0 bridgehead atoms.